The van der Waals surface area contributed by atoms with Crippen LogP contribution in [0.1, 0.15) is 62.5 Å². The number of nitrogens with two attached hydrogens (primary N) is 1. The molecule has 3 N–H and O–H groups in total. The Morgan fingerprint density at radius 2 is 1.60 bits per heavy atom. The zero-order valence-corrected chi connectivity index (χ0v) is 23.9. The van der Waals surface area contributed by atoms with Gasteiger partial charge in [-0.15, -0.1) is 0 Å². The molecule has 4 aromatic rings. The van der Waals surface area contributed by atoms with Crippen LogP contribution in [0.2, 0.25) is 0 Å². The van der Waals surface area contributed by atoms with Crippen LogP contribution in [0.5, 0.6) is 5.75 Å². The first-order valence-electron chi connectivity index (χ1n) is 14.7. The molecule has 222 valence electrons. The Balaban J connectivity index is 0.978. The Bertz CT molecular complexity index is 1590. The molecule has 6 rings (SSSR count). The zero-order valence-electron chi connectivity index (χ0n) is 23.9. The average Bonchev–Trinajstić information content (AvgIpc) is 3.47. The Kier molecular flexibility index (Phi) is 8.37. The van der Waals surface area contributed by atoms with Gasteiger partial charge in [0.15, 0.2) is 5.76 Å². The van der Waals surface area contributed by atoms with Gasteiger partial charge < -0.3 is 25.1 Å². The number of rotatable bonds is 8. The van der Waals surface area contributed by atoms with Gasteiger partial charge in [-0.1, -0.05) is 12.1 Å². The summed E-state index contributed by atoms with van der Waals surface area (Å²) in [5.41, 5.74) is 8.26. The van der Waals surface area contributed by atoms with E-state index in [0.717, 1.165) is 49.2 Å². The molecule has 10 heteroatoms. The number of aromatic nitrogens is 1. The van der Waals surface area contributed by atoms with Crippen molar-refractivity contribution >= 4 is 28.7 Å². The van der Waals surface area contributed by atoms with Crippen LogP contribution in [0.4, 0.5) is 0 Å². The highest BCUT2D eigenvalue weighted by atomic mass is 16.5. The van der Waals surface area contributed by atoms with E-state index in [2.05, 4.69) is 15.2 Å². The number of furan rings is 1. The maximum absolute atomic E-state index is 13.0. The summed E-state index contributed by atoms with van der Waals surface area (Å²) in [7, 11) is 0. The standard InChI is InChI=1S/C33H35N5O5/c34-31(39)23-3-1-22(2-4-23)21-37-15-11-27(12-16-37)42-28-5-6-29-25(19-28)20-30(43-29)32(40)36-26-9-17-38(18-10-26)33(41)24-7-13-35-14-8-24/h1-8,13-14,19-20,26-27H,9-12,15-18,21H2,(H2,34,39)(H,36,40). The van der Waals surface area contributed by atoms with Crippen LogP contribution in [0.15, 0.2) is 77.5 Å². The van der Waals surface area contributed by atoms with Gasteiger partial charge in [0.2, 0.25) is 5.91 Å². The lowest BCUT2D eigenvalue weighted by atomic mass is 10.0. The lowest BCUT2D eigenvalue weighted by molar-refractivity contribution is 0.0695. The van der Waals surface area contributed by atoms with Gasteiger partial charge in [-0.05, 0) is 79.8 Å². The molecule has 4 heterocycles. The van der Waals surface area contributed by atoms with Crippen molar-refractivity contribution in [1.29, 1.82) is 0 Å². The third-order valence-corrected chi connectivity index (χ3v) is 8.24. The van der Waals surface area contributed by atoms with Crippen molar-refractivity contribution in [2.24, 2.45) is 5.73 Å². The number of amides is 3. The number of fused-ring (bicyclic) bond motifs is 1. The largest absolute Gasteiger partial charge is 0.490 e. The van der Waals surface area contributed by atoms with E-state index in [-0.39, 0.29) is 29.7 Å². The summed E-state index contributed by atoms with van der Waals surface area (Å²) in [6, 6.07) is 18.3. The highest BCUT2D eigenvalue weighted by molar-refractivity contribution is 5.97. The highest BCUT2D eigenvalue weighted by Crippen LogP contribution is 2.27. The SMILES string of the molecule is NC(=O)c1ccc(CN2CCC(Oc3ccc4oc(C(=O)NC5CCN(C(=O)c6ccncc6)CC5)cc4c3)CC2)cc1. The smallest absolute Gasteiger partial charge is 0.287 e. The maximum atomic E-state index is 13.0. The molecule has 0 saturated carbocycles. The summed E-state index contributed by atoms with van der Waals surface area (Å²) >= 11 is 0. The fraction of sp³-hybridized carbons (Fsp3) is 0.333. The Hall–Kier alpha value is -4.70. The average molecular weight is 582 g/mol. The minimum absolute atomic E-state index is 0.0124. The zero-order chi connectivity index (χ0) is 29.8. The maximum Gasteiger partial charge on any atom is 0.287 e. The molecule has 2 aliphatic rings. The molecule has 0 unspecified atom stereocenters. The Morgan fingerprint density at radius 1 is 0.884 bits per heavy atom. The summed E-state index contributed by atoms with van der Waals surface area (Å²) in [6.45, 7) is 3.81. The summed E-state index contributed by atoms with van der Waals surface area (Å²) < 4.78 is 12.2. The number of likely N-dealkylation sites (tertiary alicyclic amines) is 2. The summed E-state index contributed by atoms with van der Waals surface area (Å²) in [5, 5.41) is 3.88. The van der Waals surface area contributed by atoms with Crippen molar-refractivity contribution < 1.29 is 23.5 Å². The van der Waals surface area contributed by atoms with Gasteiger partial charge in [0.1, 0.15) is 17.4 Å². The Labute approximate surface area is 249 Å². The molecule has 0 atom stereocenters. The number of hydrogen-bond acceptors (Lipinski definition) is 7. The quantitative estimate of drug-likeness (QED) is 0.322. The first-order chi connectivity index (χ1) is 20.9. The van der Waals surface area contributed by atoms with Gasteiger partial charge in [-0.2, -0.15) is 0 Å². The van der Waals surface area contributed by atoms with E-state index in [4.69, 9.17) is 14.9 Å². The van der Waals surface area contributed by atoms with Crippen molar-refractivity contribution in [3.63, 3.8) is 0 Å². The minimum Gasteiger partial charge on any atom is -0.490 e. The van der Waals surface area contributed by atoms with Crippen molar-refractivity contribution in [2.45, 2.75) is 44.4 Å². The minimum atomic E-state index is -0.415. The fourth-order valence-electron chi connectivity index (χ4n) is 5.78. The molecular weight excluding hydrogens is 546 g/mol. The number of nitrogens with one attached hydrogen (secondary N) is 1. The molecule has 0 aliphatic carbocycles. The third kappa shape index (κ3) is 6.86. The number of primary amides is 1. The van der Waals surface area contributed by atoms with Crippen LogP contribution in [0, 0.1) is 0 Å². The molecular formula is C33H35N5O5. The van der Waals surface area contributed by atoms with Gasteiger partial charge in [0, 0.05) is 67.7 Å². The Morgan fingerprint density at radius 3 is 2.30 bits per heavy atom. The number of nitrogens with zero attached hydrogens (tertiary/aromatic N) is 3. The van der Waals surface area contributed by atoms with Crippen LogP contribution in [0.25, 0.3) is 11.0 Å². The number of carbonyl (C=O) groups is 3. The highest BCUT2D eigenvalue weighted by Gasteiger charge is 2.26. The van der Waals surface area contributed by atoms with Gasteiger partial charge in [0.25, 0.3) is 11.8 Å². The van der Waals surface area contributed by atoms with Crippen LogP contribution >= 0.6 is 0 Å². The number of pyridine rings is 1. The lowest BCUT2D eigenvalue weighted by Gasteiger charge is -2.32. The predicted molar refractivity (Wildman–Crippen MR) is 161 cm³/mol. The van der Waals surface area contributed by atoms with Crippen molar-refractivity contribution in [3.05, 3.63) is 95.5 Å². The second-order valence-electron chi connectivity index (χ2n) is 11.2. The van der Waals surface area contributed by atoms with E-state index in [1.165, 1.54) is 0 Å². The number of carbonyl (C=O) groups excluding carboxylic acids is 3. The van der Waals surface area contributed by atoms with E-state index in [1.54, 1.807) is 42.7 Å². The number of hydrogen-bond donors (Lipinski definition) is 2. The third-order valence-electron chi connectivity index (χ3n) is 8.24. The van der Waals surface area contributed by atoms with Gasteiger partial charge in [0.05, 0.1) is 0 Å². The van der Waals surface area contributed by atoms with E-state index in [1.807, 2.05) is 35.2 Å². The van der Waals surface area contributed by atoms with E-state index < -0.39 is 5.91 Å². The molecule has 0 bridgehead atoms. The monoisotopic (exact) mass is 581 g/mol. The van der Waals surface area contributed by atoms with Crippen LogP contribution in [-0.2, 0) is 6.54 Å². The molecule has 2 fully saturated rings. The van der Waals surface area contributed by atoms with E-state index >= 15 is 0 Å². The molecule has 2 aliphatic heterocycles. The summed E-state index contributed by atoms with van der Waals surface area (Å²) in [5.74, 6) is 0.337. The molecule has 0 spiro atoms. The lowest BCUT2D eigenvalue weighted by Crippen LogP contribution is -2.46. The molecule has 2 aromatic carbocycles. The normalized spacial score (nSPS) is 16.7. The number of piperidine rings is 2. The van der Waals surface area contributed by atoms with E-state index in [9.17, 15) is 14.4 Å². The number of ether oxygens (including phenoxy) is 1. The topological polar surface area (TPSA) is 131 Å². The first kappa shape index (κ1) is 28.4. The van der Waals surface area contributed by atoms with E-state index in [0.29, 0.717) is 42.6 Å². The van der Waals surface area contributed by atoms with Crippen LogP contribution in [-0.4, -0.2) is 70.8 Å². The van der Waals surface area contributed by atoms with Gasteiger partial charge >= 0.3 is 0 Å². The van der Waals surface area contributed by atoms with Gasteiger partial charge in [-0.25, -0.2) is 0 Å². The molecule has 43 heavy (non-hydrogen) atoms. The van der Waals surface area contributed by atoms with Crippen molar-refractivity contribution in [3.8, 4) is 5.75 Å². The summed E-state index contributed by atoms with van der Waals surface area (Å²) in [4.78, 5) is 45.1. The van der Waals surface area contributed by atoms with Crippen LogP contribution < -0.4 is 15.8 Å². The molecule has 2 aromatic heterocycles. The second-order valence-corrected chi connectivity index (χ2v) is 11.2. The fourth-order valence-corrected chi connectivity index (χ4v) is 5.78. The molecule has 2 saturated heterocycles. The van der Waals surface area contributed by atoms with Crippen LogP contribution in [0.3, 0.4) is 0 Å². The number of benzene rings is 2. The van der Waals surface area contributed by atoms with Gasteiger partial charge in [-0.3, -0.25) is 24.3 Å². The predicted octanol–water partition coefficient (Wildman–Crippen LogP) is 4.00. The second kappa shape index (κ2) is 12.7. The summed E-state index contributed by atoms with van der Waals surface area (Å²) in [6.07, 6.45) is 6.52. The molecule has 3 amide bonds. The van der Waals surface area contributed by atoms with Crippen molar-refractivity contribution in [1.82, 2.24) is 20.1 Å². The molecule has 10 nitrogen and oxygen atoms in total. The first-order valence-corrected chi connectivity index (χ1v) is 14.7. The molecule has 0 radical (unpaired) electrons. The van der Waals surface area contributed by atoms with Crippen molar-refractivity contribution in [2.75, 3.05) is 26.2 Å².